The summed E-state index contributed by atoms with van der Waals surface area (Å²) in [5.74, 6) is -1.16. The van der Waals surface area contributed by atoms with Crippen LogP contribution >= 0.6 is 0 Å². The molecule has 0 heterocycles. The molecule has 0 amide bonds. The summed E-state index contributed by atoms with van der Waals surface area (Å²) in [6.07, 6.45) is 1.74. The number of carboxylic acids is 1. The SMILES string of the molecule is O=C([O-])COCCCc1ccccc1.[NH4+]. The number of carbonyl (C=O) groups is 1. The summed E-state index contributed by atoms with van der Waals surface area (Å²) in [6.45, 7) is 0.150. The Hall–Kier alpha value is -1.39. The maximum Gasteiger partial charge on any atom is 0.0861 e. The van der Waals surface area contributed by atoms with Gasteiger partial charge in [-0.05, 0) is 18.4 Å². The van der Waals surface area contributed by atoms with Gasteiger partial charge >= 0.3 is 0 Å². The Labute approximate surface area is 89.5 Å². The van der Waals surface area contributed by atoms with Crippen LogP contribution in [0.15, 0.2) is 30.3 Å². The second-order valence-corrected chi connectivity index (χ2v) is 3.01. The molecule has 4 nitrogen and oxygen atoms in total. The largest absolute Gasteiger partial charge is 0.548 e. The van der Waals surface area contributed by atoms with Gasteiger partial charge in [-0.15, -0.1) is 0 Å². The van der Waals surface area contributed by atoms with E-state index in [0.717, 1.165) is 12.8 Å². The molecule has 0 bridgehead atoms. The predicted octanol–water partition coefficient (Wildman–Crippen LogP) is 0.762. The standard InChI is InChI=1S/C11H14O3.H3N/c12-11(13)9-14-8-4-7-10-5-2-1-3-6-10;/h1-3,5-6H,4,7-9H2,(H,12,13);1H3. The summed E-state index contributed by atoms with van der Waals surface area (Å²) >= 11 is 0. The summed E-state index contributed by atoms with van der Waals surface area (Å²) in [5, 5.41) is 10.00. The van der Waals surface area contributed by atoms with E-state index in [1.165, 1.54) is 5.56 Å². The summed E-state index contributed by atoms with van der Waals surface area (Å²) in [4.78, 5) is 10.00. The van der Waals surface area contributed by atoms with Crippen molar-refractivity contribution in [2.45, 2.75) is 12.8 Å². The third kappa shape index (κ3) is 6.65. The quantitative estimate of drug-likeness (QED) is 0.705. The molecule has 0 fully saturated rings. The fourth-order valence-electron chi connectivity index (χ4n) is 1.18. The number of carbonyl (C=O) groups excluding carboxylic acids is 1. The number of aryl methyl sites for hydroxylation is 1. The number of hydrogen-bond donors (Lipinski definition) is 1. The van der Waals surface area contributed by atoms with Gasteiger partial charge in [0.05, 0.1) is 12.6 Å². The van der Waals surface area contributed by atoms with Crippen molar-refractivity contribution in [3.05, 3.63) is 35.9 Å². The number of carboxylic acid groups (broad SMARTS) is 1. The highest BCUT2D eigenvalue weighted by molar-refractivity contribution is 5.65. The van der Waals surface area contributed by atoms with Crippen LogP contribution in [-0.2, 0) is 16.0 Å². The van der Waals surface area contributed by atoms with E-state index in [1.54, 1.807) is 0 Å². The van der Waals surface area contributed by atoms with Crippen LogP contribution < -0.4 is 11.3 Å². The summed E-state index contributed by atoms with van der Waals surface area (Å²) in [6, 6.07) is 10.0. The van der Waals surface area contributed by atoms with Crippen molar-refractivity contribution < 1.29 is 14.6 Å². The number of hydrogen-bond acceptors (Lipinski definition) is 3. The van der Waals surface area contributed by atoms with E-state index in [2.05, 4.69) is 0 Å². The monoisotopic (exact) mass is 211 g/mol. The van der Waals surface area contributed by atoms with E-state index in [0.29, 0.717) is 6.61 Å². The third-order valence-electron chi connectivity index (χ3n) is 1.82. The lowest BCUT2D eigenvalue weighted by atomic mass is 10.1. The van der Waals surface area contributed by atoms with Crippen LogP contribution in [0, 0.1) is 0 Å². The van der Waals surface area contributed by atoms with Gasteiger partial charge in [-0.2, -0.15) is 0 Å². The second kappa shape index (κ2) is 7.96. The van der Waals surface area contributed by atoms with Gasteiger partial charge < -0.3 is 20.8 Å². The highest BCUT2D eigenvalue weighted by Crippen LogP contribution is 2.01. The predicted molar refractivity (Wildman–Crippen MR) is 56.6 cm³/mol. The molecule has 0 aromatic heterocycles. The highest BCUT2D eigenvalue weighted by atomic mass is 16.5. The smallest absolute Gasteiger partial charge is 0.0861 e. The number of quaternary nitrogens is 1. The van der Waals surface area contributed by atoms with Crippen LogP contribution in [0.1, 0.15) is 12.0 Å². The zero-order valence-electron chi connectivity index (χ0n) is 8.94. The zero-order chi connectivity index (χ0) is 10.2. The molecule has 4 heteroatoms. The van der Waals surface area contributed by atoms with Crippen molar-refractivity contribution in [1.82, 2.24) is 6.15 Å². The molecule has 0 aliphatic rings. The molecule has 1 rings (SSSR count). The zero-order valence-corrected chi connectivity index (χ0v) is 8.94. The maximum absolute atomic E-state index is 10.00. The highest BCUT2D eigenvalue weighted by Gasteiger charge is 1.92. The van der Waals surface area contributed by atoms with Crippen LogP contribution in [0.2, 0.25) is 0 Å². The van der Waals surface area contributed by atoms with Gasteiger partial charge in [0.2, 0.25) is 0 Å². The van der Waals surface area contributed by atoms with Gasteiger partial charge in [0.15, 0.2) is 0 Å². The number of aliphatic carboxylic acids is 1. The van der Waals surface area contributed by atoms with Crippen molar-refractivity contribution in [2.24, 2.45) is 0 Å². The van der Waals surface area contributed by atoms with Gasteiger partial charge in [0.1, 0.15) is 0 Å². The first-order valence-corrected chi connectivity index (χ1v) is 4.60. The fraction of sp³-hybridized carbons (Fsp3) is 0.364. The van der Waals surface area contributed by atoms with Crippen LogP contribution in [0.4, 0.5) is 0 Å². The van der Waals surface area contributed by atoms with Crippen LogP contribution in [-0.4, -0.2) is 19.2 Å². The molecular weight excluding hydrogens is 194 g/mol. The molecule has 0 spiro atoms. The average molecular weight is 211 g/mol. The summed E-state index contributed by atoms with van der Waals surface area (Å²) in [7, 11) is 0. The van der Waals surface area contributed by atoms with Crippen molar-refractivity contribution >= 4 is 5.97 Å². The molecule has 0 saturated heterocycles. The minimum atomic E-state index is -1.16. The normalized spacial score (nSPS) is 9.33. The first-order chi connectivity index (χ1) is 6.79. The summed E-state index contributed by atoms with van der Waals surface area (Å²) in [5.41, 5.74) is 1.24. The first-order valence-electron chi connectivity index (χ1n) is 4.60. The molecular formula is C11H17NO3. The van der Waals surface area contributed by atoms with Gasteiger partial charge in [0, 0.05) is 6.61 Å². The number of benzene rings is 1. The Morgan fingerprint density at radius 2 is 1.93 bits per heavy atom. The molecule has 1 aromatic rings. The minimum absolute atomic E-state index is 0. The van der Waals surface area contributed by atoms with Crippen molar-refractivity contribution in [3.63, 3.8) is 0 Å². The van der Waals surface area contributed by atoms with Gasteiger partial charge in [-0.25, -0.2) is 0 Å². The lowest BCUT2D eigenvalue weighted by molar-refractivity contribution is -0.309. The third-order valence-corrected chi connectivity index (χ3v) is 1.82. The molecule has 0 saturated carbocycles. The Morgan fingerprint density at radius 1 is 1.27 bits per heavy atom. The minimum Gasteiger partial charge on any atom is -0.548 e. The molecule has 1 aromatic carbocycles. The molecule has 0 aliphatic carbocycles. The molecule has 0 atom stereocenters. The first kappa shape index (κ1) is 13.6. The van der Waals surface area contributed by atoms with Crippen molar-refractivity contribution in [2.75, 3.05) is 13.2 Å². The van der Waals surface area contributed by atoms with E-state index in [-0.39, 0.29) is 12.8 Å². The van der Waals surface area contributed by atoms with E-state index >= 15 is 0 Å². The molecule has 4 N–H and O–H groups in total. The van der Waals surface area contributed by atoms with Crippen molar-refractivity contribution in [3.8, 4) is 0 Å². The Bertz CT molecular complexity index is 274. The topological polar surface area (TPSA) is 85.9 Å². The van der Waals surface area contributed by atoms with Crippen LogP contribution in [0.3, 0.4) is 0 Å². The fourth-order valence-corrected chi connectivity index (χ4v) is 1.18. The summed E-state index contributed by atoms with van der Waals surface area (Å²) < 4.78 is 4.85. The maximum atomic E-state index is 10.00. The van der Waals surface area contributed by atoms with E-state index in [9.17, 15) is 9.90 Å². The van der Waals surface area contributed by atoms with Crippen LogP contribution in [0.5, 0.6) is 0 Å². The van der Waals surface area contributed by atoms with Gasteiger partial charge in [0.25, 0.3) is 0 Å². The van der Waals surface area contributed by atoms with Crippen LogP contribution in [0.25, 0.3) is 0 Å². The molecule has 0 unspecified atom stereocenters. The second-order valence-electron chi connectivity index (χ2n) is 3.01. The molecule has 0 radical (unpaired) electrons. The molecule has 0 aliphatic heterocycles. The van der Waals surface area contributed by atoms with Crippen molar-refractivity contribution in [1.29, 1.82) is 0 Å². The Kier molecular flexibility index (Phi) is 7.23. The Morgan fingerprint density at radius 3 is 2.53 bits per heavy atom. The van der Waals surface area contributed by atoms with Gasteiger partial charge in [-0.1, -0.05) is 30.3 Å². The lowest BCUT2D eigenvalue weighted by Gasteiger charge is -2.04. The average Bonchev–Trinajstić information content (AvgIpc) is 2.18. The van der Waals surface area contributed by atoms with Gasteiger partial charge in [-0.3, -0.25) is 0 Å². The number of rotatable bonds is 6. The van der Waals surface area contributed by atoms with E-state index in [4.69, 9.17) is 4.74 Å². The number of ether oxygens (including phenoxy) is 1. The lowest BCUT2D eigenvalue weighted by Crippen LogP contribution is -2.27. The van der Waals surface area contributed by atoms with E-state index in [1.807, 2.05) is 30.3 Å². The molecule has 15 heavy (non-hydrogen) atoms. The molecule has 84 valence electrons. The Balaban J connectivity index is 0.00000196. The van der Waals surface area contributed by atoms with E-state index < -0.39 is 5.97 Å².